The Morgan fingerprint density at radius 3 is 2.22 bits per heavy atom. The minimum Gasteiger partial charge on any atom is -0.481 e. The van der Waals surface area contributed by atoms with Crippen LogP contribution in [0.25, 0.3) is 0 Å². The van der Waals surface area contributed by atoms with Crippen LogP contribution in [0, 0.1) is 11.8 Å². The van der Waals surface area contributed by atoms with Crippen molar-refractivity contribution in [1.29, 1.82) is 0 Å². The monoisotopic (exact) mass is 510 g/mol. The predicted octanol–water partition coefficient (Wildman–Crippen LogP) is 5.91. The third-order valence-corrected chi connectivity index (χ3v) is 6.23. The van der Waals surface area contributed by atoms with Crippen LogP contribution in [0.3, 0.4) is 0 Å². The van der Waals surface area contributed by atoms with E-state index in [4.69, 9.17) is 20.1 Å². The van der Waals surface area contributed by atoms with E-state index >= 15 is 0 Å². The lowest BCUT2D eigenvalue weighted by Gasteiger charge is -2.21. The van der Waals surface area contributed by atoms with E-state index in [0.29, 0.717) is 19.4 Å². The van der Waals surface area contributed by atoms with Gasteiger partial charge in [-0.1, -0.05) is 63.0 Å². The molecule has 4 atom stereocenters. The second-order valence-corrected chi connectivity index (χ2v) is 9.27. The summed E-state index contributed by atoms with van der Waals surface area (Å²) in [4.78, 5) is 20.4. The molecule has 0 saturated heterocycles. The number of rotatable bonds is 19. The van der Waals surface area contributed by atoms with Crippen LogP contribution >= 0.6 is 0 Å². The Bertz CT molecular complexity index is 642. The van der Waals surface area contributed by atoms with Gasteiger partial charge in [0.25, 0.3) is 0 Å². The molecule has 0 spiro atoms. The lowest BCUT2D eigenvalue weighted by molar-refractivity contribution is -0.137. The first-order chi connectivity index (χ1) is 17.4. The molecule has 208 valence electrons. The molecule has 4 N–H and O–H groups in total. The third-order valence-electron chi connectivity index (χ3n) is 6.23. The number of allylic oxidation sites excluding steroid dienone is 4. The van der Waals surface area contributed by atoms with Gasteiger partial charge in [-0.05, 0) is 57.8 Å². The molecule has 0 amide bonds. The summed E-state index contributed by atoms with van der Waals surface area (Å²) in [5.74, 6) is -1.23. The van der Waals surface area contributed by atoms with Crippen molar-refractivity contribution in [3.63, 3.8) is 0 Å². The number of carboxylic acid groups (broad SMARTS) is 2. The molecule has 0 aromatic heterocycles. The van der Waals surface area contributed by atoms with Gasteiger partial charge in [0, 0.05) is 38.0 Å². The average molecular weight is 511 g/mol. The van der Waals surface area contributed by atoms with Crippen molar-refractivity contribution >= 4 is 11.9 Å². The summed E-state index contributed by atoms with van der Waals surface area (Å²) in [6.45, 7) is 5.00. The van der Waals surface area contributed by atoms with Gasteiger partial charge in [-0.25, -0.2) is 4.79 Å². The quantitative estimate of drug-likeness (QED) is 0.0967. The Kier molecular flexibility index (Phi) is 22.2. The van der Waals surface area contributed by atoms with Gasteiger partial charge in [0.2, 0.25) is 0 Å². The summed E-state index contributed by atoms with van der Waals surface area (Å²) >= 11 is 0. The molecular formula is C29H50O7. The third kappa shape index (κ3) is 18.3. The standard InChI is InChI=1S/C22H38O5.C7H12O2/c1-2-27-21-17-20(24)18(13-9-6-7-11-15-22(25)26)19(21)14-10-5-3-4-8-12-16-23;1-2-3-4-5-6-7(8)9/h6,9-10,14,18-21,23-24H,2-5,7-8,11-13,15-17H2,1H3,(H,25,26);5-6H,2-4H2,1H3,(H,8,9)/b9-6-,14-10+;/t18?,19-,20+,21-;/m1./s1. The average Bonchev–Trinajstić information content (AvgIpc) is 3.12. The summed E-state index contributed by atoms with van der Waals surface area (Å²) < 4.78 is 5.87. The van der Waals surface area contributed by atoms with Crippen molar-refractivity contribution < 1.29 is 34.8 Å². The molecule has 0 aromatic rings. The van der Waals surface area contributed by atoms with Crippen molar-refractivity contribution in [2.45, 2.75) is 110 Å². The van der Waals surface area contributed by atoms with Crippen LogP contribution in [-0.2, 0) is 14.3 Å². The first-order valence-electron chi connectivity index (χ1n) is 13.7. The van der Waals surface area contributed by atoms with Crippen LogP contribution in [0.5, 0.6) is 0 Å². The number of aliphatic hydroxyl groups excluding tert-OH is 2. The van der Waals surface area contributed by atoms with Gasteiger partial charge in [0.05, 0.1) is 12.2 Å². The summed E-state index contributed by atoms with van der Waals surface area (Å²) in [7, 11) is 0. The summed E-state index contributed by atoms with van der Waals surface area (Å²) in [5.41, 5.74) is 0. The van der Waals surface area contributed by atoms with Crippen LogP contribution < -0.4 is 0 Å². The van der Waals surface area contributed by atoms with Gasteiger partial charge in [-0.15, -0.1) is 0 Å². The van der Waals surface area contributed by atoms with E-state index in [-0.39, 0.29) is 37.1 Å². The van der Waals surface area contributed by atoms with E-state index in [1.807, 2.05) is 13.0 Å². The van der Waals surface area contributed by atoms with Crippen LogP contribution in [-0.4, -0.2) is 57.8 Å². The van der Waals surface area contributed by atoms with Crippen molar-refractivity contribution in [1.82, 2.24) is 0 Å². The minimum absolute atomic E-state index is 0.0704. The Hall–Kier alpha value is -1.96. The molecule has 7 heteroatoms. The molecule has 36 heavy (non-hydrogen) atoms. The fraction of sp³-hybridized carbons (Fsp3) is 0.724. The molecule has 0 aromatic carbocycles. The molecule has 0 bridgehead atoms. The van der Waals surface area contributed by atoms with E-state index in [0.717, 1.165) is 64.2 Å². The molecule has 0 aliphatic heterocycles. The number of carbonyl (C=O) groups is 2. The number of hydrogen-bond acceptors (Lipinski definition) is 5. The Labute approximate surface area is 218 Å². The second-order valence-electron chi connectivity index (χ2n) is 9.27. The van der Waals surface area contributed by atoms with Crippen molar-refractivity contribution in [3.05, 3.63) is 36.5 Å². The topological polar surface area (TPSA) is 124 Å². The first kappa shape index (κ1) is 34.0. The number of aliphatic hydroxyl groups is 2. The van der Waals surface area contributed by atoms with E-state index in [2.05, 4.69) is 25.2 Å². The summed E-state index contributed by atoms with van der Waals surface area (Å²) in [6.07, 6.45) is 22.5. The molecule has 1 saturated carbocycles. The van der Waals surface area contributed by atoms with Crippen molar-refractivity contribution in [2.75, 3.05) is 13.2 Å². The Morgan fingerprint density at radius 1 is 0.889 bits per heavy atom. The Balaban J connectivity index is 0.00000115. The molecular weight excluding hydrogens is 460 g/mol. The molecule has 0 radical (unpaired) electrons. The molecule has 1 aliphatic rings. The minimum atomic E-state index is -0.855. The molecule has 1 fully saturated rings. The lowest BCUT2D eigenvalue weighted by atomic mass is 9.89. The van der Waals surface area contributed by atoms with Gasteiger partial charge in [0.1, 0.15) is 0 Å². The first-order valence-corrected chi connectivity index (χ1v) is 13.7. The highest BCUT2D eigenvalue weighted by Crippen LogP contribution is 2.38. The van der Waals surface area contributed by atoms with Crippen LogP contribution in [0.1, 0.15) is 97.3 Å². The van der Waals surface area contributed by atoms with Crippen LogP contribution in [0.2, 0.25) is 0 Å². The number of aliphatic carboxylic acids is 2. The fourth-order valence-electron chi connectivity index (χ4n) is 4.31. The summed E-state index contributed by atoms with van der Waals surface area (Å²) in [6, 6.07) is 0. The highest BCUT2D eigenvalue weighted by Gasteiger charge is 2.40. The number of unbranched alkanes of at least 4 members (excludes halogenated alkanes) is 7. The van der Waals surface area contributed by atoms with Crippen molar-refractivity contribution in [2.24, 2.45) is 11.8 Å². The molecule has 1 unspecified atom stereocenters. The maximum absolute atomic E-state index is 10.5. The molecule has 1 rings (SSSR count). The molecule has 1 aliphatic carbocycles. The zero-order valence-electron chi connectivity index (χ0n) is 22.4. The number of carboxylic acids is 2. The zero-order chi connectivity index (χ0) is 27.0. The van der Waals surface area contributed by atoms with E-state index < -0.39 is 11.9 Å². The fourth-order valence-corrected chi connectivity index (χ4v) is 4.31. The maximum atomic E-state index is 10.5. The maximum Gasteiger partial charge on any atom is 0.327 e. The molecule has 7 nitrogen and oxygen atoms in total. The molecule has 0 heterocycles. The van der Waals surface area contributed by atoms with E-state index in [1.165, 1.54) is 6.08 Å². The predicted molar refractivity (Wildman–Crippen MR) is 144 cm³/mol. The van der Waals surface area contributed by atoms with Gasteiger partial charge in [-0.3, -0.25) is 4.79 Å². The summed E-state index contributed by atoms with van der Waals surface area (Å²) in [5, 5.41) is 36.1. The van der Waals surface area contributed by atoms with E-state index in [1.54, 1.807) is 6.08 Å². The number of hydrogen-bond donors (Lipinski definition) is 4. The van der Waals surface area contributed by atoms with Crippen LogP contribution in [0.4, 0.5) is 0 Å². The zero-order valence-corrected chi connectivity index (χ0v) is 22.4. The second kappa shape index (κ2) is 23.4. The lowest BCUT2D eigenvalue weighted by Crippen LogP contribution is -2.21. The van der Waals surface area contributed by atoms with Gasteiger partial charge >= 0.3 is 11.9 Å². The Morgan fingerprint density at radius 2 is 1.58 bits per heavy atom. The highest BCUT2D eigenvalue weighted by molar-refractivity contribution is 5.79. The smallest absolute Gasteiger partial charge is 0.327 e. The van der Waals surface area contributed by atoms with Gasteiger partial charge in [0.15, 0.2) is 0 Å². The SMILES string of the molecule is CCCCC=CC(=O)O.CCO[C@@H]1C[C@H](O)C(C/C=C\CCCC(=O)O)[C@H]1/C=C/CCCCCCO. The van der Waals surface area contributed by atoms with Crippen molar-refractivity contribution in [3.8, 4) is 0 Å². The normalized spacial score (nSPS) is 21.9. The van der Waals surface area contributed by atoms with E-state index in [9.17, 15) is 14.7 Å². The van der Waals surface area contributed by atoms with Crippen LogP contribution in [0.15, 0.2) is 36.5 Å². The largest absolute Gasteiger partial charge is 0.481 e. The number of ether oxygens (including phenoxy) is 1. The van der Waals surface area contributed by atoms with Gasteiger partial charge < -0.3 is 25.2 Å². The highest BCUT2D eigenvalue weighted by atomic mass is 16.5. The van der Waals surface area contributed by atoms with Gasteiger partial charge in [-0.2, -0.15) is 0 Å².